The molecule has 0 N–H and O–H groups in total. The van der Waals surface area contributed by atoms with Crippen LogP contribution in [-0.2, 0) is 9.59 Å². The molecule has 0 saturated carbocycles. The molecule has 2 aromatic rings. The molecule has 0 spiro atoms. The van der Waals surface area contributed by atoms with Crippen LogP contribution < -0.4 is 4.90 Å². The highest BCUT2D eigenvalue weighted by molar-refractivity contribution is 6.23. The van der Waals surface area contributed by atoms with Gasteiger partial charge in [0, 0.05) is 5.54 Å². The summed E-state index contributed by atoms with van der Waals surface area (Å²) in [4.78, 5) is 40.7. The largest absolute Gasteiger partial charge is 0.459 e. The van der Waals surface area contributed by atoms with Gasteiger partial charge in [0.2, 0.25) is 5.91 Å². The van der Waals surface area contributed by atoms with E-state index in [1.807, 2.05) is 0 Å². The average Bonchev–Trinajstić information content (AvgIpc) is 3.17. The van der Waals surface area contributed by atoms with E-state index < -0.39 is 35.1 Å². The lowest BCUT2D eigenvalue weighted by atomic mass is 10.0. The first-order valence-corrected chi connectivity index (χ1v) is 8.19. The number of amides is 3. The van der Waals surface area contributed by atoms with E-state index in [9.17, 15) is 18.8 Å². The van der Waals surface area contributed by atoms with Gasteiger partial charge >= 0.3 is 0 Å². The van der Waals surface area contributed by atoms with E-state index in [0.717, 1.165) is 4.90 Å². The number of anilines is 1. The normalized spacial score (nSPS) is 17.7. The Morgan fingerprint density at radius 2 is 1.85 bits per heavy atom. The fourth-order valence-electron chi connectivity index (χ4n) is 3.11. The molecule has 1 aliphatic heterocycles. The Hall–Kier alpha value is -2.96. The number of nitrogens with zero attached hydrogens (tertiary/aromatic N) is 2. The van der Waals surface area contributed by atoms with Crippen LogP contribution in [0.5, 0.6) is 0 Å². The molecule has 26 heavy (non-hydrogen) atoms. The first-order chi connectivity index (χ1) is 12.2. The molecule has 0 aliphatic carbocycles. The molecule has 2 heterocycles. The molecule has 0 radical (unpaired) electrons. The summed E-state index contributed by atoms with van der Waals surface area (Å²) in [5.41, 5.74) is -0.438. The quantitative estimate of drug-likeness (QED) is 0.791. The number of hydrogen-bond acceptors (Lipinski definition) is 4. The highest BCUT2D eigenvalue weighted by atomic mass is 19.1. The van der Waals surface area contributed by atoms with Crippen molar-refractivity contribution in [3.63, 3.8) is 0 Å². The van der Waals surface area contributed by atoms with Crippen LogP contribution in [-0.4, -0.2) is 34.2 Å². The van der Waals surface area contributed by atoms with Crippen molar-refractivity contribution in [3.8, 4) is 0 Å². The predicted octanol–water partition coefficient (Wildman–Crippen LogP) is 2.99. The van der Waals surface area contributed by atoms with Crippen molar-refractivity contribution >= 4 is 23.4 Å². The van der Waals surface area contributed by atoms with Crippen molar-refractivity contribution in [1.82, 2.24) is 4.90 Å². The molecule has 6 nitrogen and oxygen atoms in total. The van der Waals surface area contributed by atoms with Crippen molar-refractivity contribution in [2.75, 3.05) is 4.90 Å². The monoisotopic (exact) mass is 358 g/mol. The van der Waals surface area contributed by atoms with Gasteiger partial charge in [0.25, 0.3) is 11.8 Å². The van der Waals surface area contributed by atoms with Crippen LogP contribution >= 0.6 is 0 Å². The number of imide groups is 1. The summed E-state index contributed by atoms with van der Waals surface area (Å²) in [6, 6.07) is 7.23. The Labute approximate surface area is 150 Å². The second-order valence-corrected chi connectivity index (χ2v) is 7.09. The Kier molecular flexibility index (Phi) is 4.39. The van der Waals surface area contributed by atoms with Gasteiger partial charge in [-0.2, -0.15) is 0 Å². The van der Waals surface area contributed by atoms with Gasteiger partial charge in [0.15, 0.2) is 5.76 Å². The maximum Gasteiger partial charge on any atom is 0.290 e. The van der Waals surface area contributed by atoms with E-state index in [-0.39, 0.29) is 17.9 Å². The third-order valence-corrected chi connectivity index (χ3v) is 4.19. The zero-order chi connectivity index (χ0) is 19.1. The lowest BCUT2D eigenvalue weighted by Crippen LogP contribution is -2.54. The van der Waals surface area contributed by atoms with Gasteiger partial charge < -0.3 is 9.32 Å². The molecule has 3 amide bonds. The van der Waals surface area contributed by atoms with Crippen molar-refractivity contribution in [2.24, 2.45) is 0 Å². The minimum Gasteiger partial charge on any atom is -0.459 e. The predicted molar refractivity (Wildman–Crippen MR) is 91.9 cm³/mol. The van der Waals surface area contributed by atoms with E-state index in [0.29, 0.717) is 0 Å². The molecule has 1 saturated heterocycles. The van der Waals surface area contributed by atoms with Gasteiger partial charge in [-0.15, -0.1) is 0 Å². The van der Waals surface area contributed by atoms with Crippen molar-refractivity contribution in [2.45, 2.75) is 38.8 Å². The lowest BCUT2D eigenvalue weighted by molar-refractivity contribution is -0.123. The van der Waals surface area contributed by atoms with E-state index in [1.165, 1.54) is 41.5 Å². The second kappa shape index (κ2) is 6.40. The van der Waals surface area contributed by atoms with E-state index in [4.69, 9.17) is 4.42 Å². The maximum absolute atomic E-state index is 13.1. The van der Waals surface area contributed by atoms with Gasteiger partial charge in [-0.05, 0) is 57.2 Å². The van der Waals surface area contributed by atoms with Crippen LogP contribution in [0.1, 0.15) is 37.7 Å². The zero-order valence-electron chi connectivity index (χ0n) is 14.7. The van der Waals surface area contributed by atoms with Gasteiger partial charge in [-0.3, -0.25) is 14.4 Å². The molecule has 1 aromatic carbocycles. The van der Waals surface area contributed by atoms with E-state index in [1.54, 1.807) is 26.8 Å². The summed E-state index contributed by atoms with van der Waals surface area (Å²) >= 11 is 0. The summed E-state index contributed by atoms with van der Waals surface area (Å²) in [5.74, 6) is -1.78. The van der Waals surface area contributed by atoms with E-state index >= 15 is 0 Å². The molecule has 0 bridgehead atoms. The number of carbonyl (C=O) groups is 3. The number of hydrogen-bond donors (Lipinski definition) is 0. The highest BCUT2D eigenvalue weighted by Gasteiger charge is 2.48. The Morgan fingerprint density at radius 1 is 1.19 bits per heavy atom. The molecule has 7 heteroatoms. The summed E-state index contributed by atoms with van der Waals surface area (Å²) in [5, 5.41) is 0. The maximum atomic E-state index is 13.1. The first-order valence-electron chi connectivity index (χ1n) is 8.19. The van der Waals surface area contributed by atoms with E-state index in [2.05, 4.69) is 0 Å². The van der Waals surface area contributed by atoms with Crippen LogP contribution in [0.3, 0.4) is 0 Å². The smallest absolute Gasteiger partial charge is 0.290 e. The van der Waals surface area contributed by atoms with Gasteiger partial charge in [-0.1, -0.05) is 0 Å². The number of halogens is 1. The SMILES string of the molecule is CC(C)(C)N(C(=O)c1ccco1)C1CC(=O)N(c2ccc(F)cc2)C1=O. The average molecular weight is 358 g/mol. The minimum absolute atomic E-state index is 0.0976. The second-order valence-electron chi connectivity index (χ2n) is 7.09. The van der Waals surface area contributed by atoms with Crippen LogP contribution in [0.4, 0.5) is 10.1 Å². The molecule has 1 unspecified atom stereocenters. The van der Waals surface area contributed by atoms with Crippen LogP contribution in [0.15, 0.2) is 47.1 Å². The summed E-state index contributed by atoms with van der Waals surface area (Å²) < 4.78 is 18.3. The lowest BCUT2D eigenvalue weighted by Gasteiger charge is -2.38. The molecule has 1 atom stereocenters. The molecule has 1 fully saturated rings. The van der Waals surface area contributed by atoms with Crippen LogP contribution in [0.25, 0.3) is 0 Å². The molecule has 1 aromatic heterocycles. The summed E-state index contributed by atoms with van der Waals surface area (Å²) in [7, 11) is 0. The fraction of sp³-hybridized carbons (Fsp3) is 0.316. The molecule has 1 aliphatic rings. The summed E-state index contributed by atoms with van der Waals surface area (Å²) in [6.07, 6.45) is 1.24. The number of rotatable bonds is 3. The first kappa shape index (κ1) is 17.8. The molecular weight excluding hydrogens is 339 g/mol. The topological polar surface area (TPSA) is 70.8 Å². The van der Waals surface area contributed by atoms with Gasteiger partial charge in [-0.25, -0.2) is 9.29 Å². The Balaban J connectivity index is 1.96. The Morgan fingerprint density at radius 3 is 2.38 bits per heavy atom. The molecule has 136 valence electrons. The number of benzene rings is 1. The van der Waals surface area contributed by atoms with Crippen molar-refractivity contribution in [3.05, 3.63) is 54.2 Å². The van der Waals surface area contributed by atoms with Crippen molar-refractivity contribution < 1.29 is 23.2 Å². The third kappa shape index (κ3) is 3.12. The number of furan rings is 1. The summed E-state index contributed by atoms with van der Waals surface area (Å²) in [6.45, 7) is 5.35. The highest BCUT2D eigenvalue weighted by Crippen LogP contribution is 2.31. The van der Waals surface area contributed by atoms with Gasteiger partial charge in [0.1, 0.15) is 11.9 Å². The molecule has 3 rings (SSSR count). The van der Waals surface area contributed by atoms with Crippen LogP contribution in [0, 0.1) is 5.82 Å². The van der Waals surface area contributed by atoms with Crippen LogP contribution in [0.2, 0.25) is 0 Å². The number of carbonyl (C=O) groups excluding carboxylic acids is 3. The third-order valence-electron chi connectivity index (χ3n) is 4.19. The standard InChI is InChI=1S/C19H19FN2O4/c1-19(2,3)22(18(25)15-5-4-10-26-15)14-11-16(23)21(17(14)24)13-8-6-12(20)7-9-13/h4-10,14H,11H2,1-3H3. The van der Waals surface area contributed by atoms with Gasteiger partial charge in [0.05, 0.1) is 18.4 Å². The van der Waals surface area contributed by atoms with Crippen molar-refractivity contribution in [1.29, 1.82) is 0 Å². The Bertz CT molecular complexity index is 837. The minimum atomic E-state index is -0.954. The molecular formula is C19H19FN2O4. The zero-order valence-corrected chi connectivity index (χ0v) is 14.7. The fourth-order valence-corrected chi connectivity index (χ4v) is 3.11.